The van der Waals surface area contributed by atoms with Gasteiger partial charge >= 0.3 is 0 Å². The number of aromatic amines is 1. The van der Waals surface area contributed by atoms with Gasteiger partial charge in [-0.3, -0.25) is 9.59 Å². The van der Waals surface area contributed by atoms with Crippen molar-refractivity contribution < 1.29 is 9.59 Å². The largest absolute Gasteiger partial charge is 0.354 e. The number of H-pyrrole nitrogens is 1. The number of amides is 1. The van der Waals surface area contributed by atoms with Gasteiger partial charge in [0.2, 0.25) is 0 Å². The van der Waals surface area contributed by atoms with Crippen molar-refractivity contribution in [3.63, 3.8) is 0 Å². The highest BCUT2D eigenvalue weighted by Gasteiger charge is 2.39. The van der Waals surface area contributed by atoms with Crippen molar-refractivity contribution in [3.8, 4) is 11.3 Å². The van der Waals surface area contributed by atoms with Gasteiger partial charge in [0.1, 0.15) is 0 Å². The number of aromatic nitrogens is 1. The van der Waals surface area contributed by atoms with Crippen molar-refractivity contribution in [2.75, 3.05) is 6.54 Å². The molecule has 0 radical (unpaired) electrons. The lowest BCUT2D eigenvalue weighted by Gasteiger charge is -2.21. The Bertz CT molecular complexity index is 1040. The maximum Gasteiger partial charge on any atom is 0.292 e. The van der Waals surface area contributed by atoms with Crippen LogP contribution in [-0.2, 0) is 4.79 Å². The van der Waals surface area contributed by atoms with Crippen LogP contribution in [0.2, 0.25) is 0 Å². The fourth-order valence-electron chi connectivity index (χ4n) is 5.24. The van der Waals surface area contributed by atoms with Crippen LogP contribution < -0.4 is 5.32 Å². The van der Waals surface area contributed by atoms with Crippen LogP contribution in [0.25, 0.3) is 22.2 Å². The minimum absolute atomic E-state index is 0.459. The molecular weight excluding hydrogens is 348 g/mol. The molecule has 2 bridgehead atoms. The first kappa shape index (κ1) is 17.2. The summed E-state index contributed by atoms with van der Waals surface area (Å²) in [5.41, 5.74) is 2.95. The predicted molar refractivity (Wildman–Crippen MR) is 110 cm³/mol. The van der Waals surface area contributed by atoms with Gasteiger partial charge in [-0.05, 0) is 48.6 Å². The van der Waals surface area contributed by atoms with Gasteiger partial charge in [-0.15, -0.1) is 0 Å². The molecule has 4 nitrogen and oxygen atoms in total. The Kier molecular flexibility index (Phi) is 4.27. The summed E-state index contributed by atoms with van der Waals surface area (Å²) in [7, 11) is 0. The molecule has 142 valence electrons. The van der Waals surface area contributed by atoms with Gasteiger partial charge in [0, 0.05) is 17.4 Å². The standard InChI is InChI=1S/C24H24N2O2/c27-23(24(28)25-14-18-13-15-10-11-17(18)12-15)21-19-8-4-5-9-20(19)26-22(21)16-6-2-1-3-7-16/h1-9,15,17-18,26H,10-14H2,(H,25,28). The molecule has 1 heterocycles. The monoisotopic (exact) mass is 372 g/mol. The fraction of sp³-hybridized carbons (Fsp3) is 0.333. The maximum absolute atomic E-state index is 13.1. The molecule has 0 spiro atoms. The number of fused-ring (bicyclic) bond motifs is 3. The van der Waals surface area contributed by atoms with Gasteiger partial charge in [0.25, 0.3) is 11.7 Å². The summed E-state index contributed by atoms with van der Waals surface area (Å²) in [4.78, 5) is 29.2. The minimum Gasteiger partial charge on any atom is -0.354 e. The van der Waals surface area contributed by atoms with E-state index in [0.717, 1.165) is 28.3 Å². The van der Waals surface area contributed by atoms with E-state index in [2.05, 4.69) is 10.3 Å². The zero-order valence-electron chi connectivity index (χ0n) is 15.8. The molecule has 28 heavy (non-hydrogen) atoms. The number of hydrogen-bond donors (Lipinski definition) is 2. The second-order valence-corrected chi connectivity index (χ2v) is 8.26. The number of nitrogens with one attached hydrogen (secondary N) is 2. The second kappa shape index (κ2) is 6.93. The molecule has 4 heteroatoms. The van der Waals surface area contributed by atoms with E-state index < -0.39 is 11.7 Å². The highest BCUT2D eigenvalue weighted by molar-refractivity contribution is 6.46. The molecular formula is C24H24N2O2. The summed E-state index contributed by atoms with van der Waals surface area (Å²) < 4.78 is 0. The minimum atomic E-state index is -0.496. The van der Waals surface area contributed by atoms with Gasteiger partial charge < -0.3 is 10.3 Å². The molecule has 1 amide bonds. The van der Waals surface area contributed by atoms with Crippen molar-refractivity contribution in [1.82, 2.24) is 10.3 Å². The summed E-state index contributed by atoms with van der Waals surface area (Å²) in [5.74, 6) is 1.14. The third-order valence-electron chi connectivity index (χ3n) is 6.61. The summed E-state index contributed by atoms with van der Waals surface area (Å²) >= 11 is 0. The third-order valence-corrected chi connectivity index (χ3v) is 6.61. The zero-order valence-corrected chi connectivity index (χ0v) is 15.8. The average Bonchev–Trinajstić information content (AvgIpc) is 3.45. The summed E-state index contributed by atoms with van der Waals surface area (Å²) in [5, 5.41) is 3.73. The van der Waals surface area contributed by atoms with Crippen LogP contribution in [0.15, 0.2) is 54.6 Å². The summed E-state index contributed by atoms with van der Waals surface area (Å²) in [6, 6.07) is 17.4. The molecule has 1 aromatic heterocycles. The van der Waals surface area contributed by atoms with E-state index in [1.807, 2.05) is 54.6 Å². The summed E-state index contributed by atoms with van der Waals surface area (Å²) in [6.45, 7) is 0.620. The fourth-order valence-corrected chi connectivity index (χ4v) is 5.24. The Morgan fingerprint density at radius 1 is 0.964 bits per heavy atom. The Labute approximate surface area is 164 Å². The second-order valence-electron chi connectivity index (χ2n) is 8.26. The van der Waals surface area contributed by atoms with Crippen molar-refractivity contribution in [2.24, 2.45) is 17.8 Å². The highest BCUT2D eigenvalue weighted by Crippen LogP contribution is 2.47. The molecule has 0 aliphatic heterocycles. The van der Waals surface area contributed by atoms with Crippen molar-refractivity contribution in [3.05, 3.63) is 60.2 Å². The number of benzene rings is 2. The normalized spacial score (nSPS) is 23.2. The Balaban J connectivity index is 1.42. The Morgan fingerprint density at radius 2 is 1.75 bits per heavy atom. The number of Topliss-reactive ketones (excluding diaryl/α,β-unsaturated/α-hetero) is 1. The topological polar surface area (TPSA) is 62.0 Å². The number of carbonyl (C=O) groups is 2. The van der Waals surface area contributed by atoms with Crippen LogP contribution >= 0.6 is 0 Å². The van der Waals surface area contributed by atoms with E-state index >= 15 is 0 Å². The highest BCUT2D eigenvalue weighted by atomic mass is 16.2. The number of hydrogen-bond acceptors (Lipinski definition) is 2. The zero-order chi connectivity index (χ0) is 19.1. The van der Waals surface area contributed by atoms with E-state index in [0.29, 0.717) is 23.7 Å². The van der Waals surface area contributed by atoms with Gasteiger partial charge in [-0.25, -0.2) is 0 Å². The smallest absolute Gasteiger partial charge is 0.292 e. The van der Waals surface area contributed by atoms with Crippen LogP contribution in [0.5, 0.6) is 0 Å². The molecule has 3 atom stereocenters. The van der Waals surface area contributed by atoms with E-state index in [4.69, 9.17) is 0 Å². The van der Waals surface area contributed by atoms with E-state index in [1.165, 1.54) is 25.7 Å². The number of ketones is 1. The average molecular weight is 372 g/mol. The number of carbonyl (C=O) groups excluding carboxylic acids is 2. The van der Waals surface area contributed by atoms with Gasteiger partial charge in [-0.2, -0.15) is 0 Å². The van der Waals surface area contributed by atoms with E-state index in [1.54, 1.807) is 0 Å². The van der Waals surface area contributed by atoms with Crippen LogP contribution in [0.3, 0.4) is 0 Å². The van der Waals surface area contributed by atoms with Crippen molar-refractivity contribution in [1.29, 1.82) is 0 Å². The Hall–Kier alpha value is -2.88. The lowest BCUT2D eigenvalue weighted by molar-refractivity contribution is -0.117. The Morgan fingerprint density at radius 3 is 2.50 bits per heavy atom. The molecule has 2 aliphatic rings. The van der Waals surface area contributed by atoms with Gasteiger partial charge in [0.05, 0.1) is 11.3 Å². The molecule has 0 saturated heterocycles. The molecule has 5 rings (SSSR count). The molecule has 2 fully saturated rings. The van der Waals surface area contributed by atoms with E-state index in [9.17, 15) is 9.59 Å². The third kappa shape index (κ3) is 2.93. The molecule has 2 saturated carbocycles. The lowest BCUT2D eigenvalue weighted by Crippen LogP contribution is -2.36. The van der Waals surface area contributed by atoms with Gasteiger partial charge in [-0.1, -0.05) is 55.0 Å². The van der Waals surface area contributed by atoms with E-state index in [-0.39, 0.29) is 0 Å². The first-order valence-corrected chi connectivity index (χ1v) is 10.2. The maximum atomic E-state index is 13.1. The quantitative estimate of drug-likeness (QED) is 0.509. The van der Waals surface area contributed by atoms with Crippen LogP contribution in [0.1, 0.15) is 36.0 Å². The SMILES string of the molecule is O=C(NCC1CC2CCC1C2)C(=O)c1c(-c2ccccc2)[nH]c2ccccc12. The predicted octanol–water partition coefficient (Wildman–Crippen LogP) is 4.57. The van der Waals surface area contributed by atoms with Crippen molar-refractivity contribution in [2.45, 2.75) is 25.7 Å². The molecule has 3 aromatic rings. The molecule has 3 unspecified atom stereocenters. The lowest BCUT2D eigenvalue weighted by atomic mass is 9.89. The number of para-hydroxylation sites is 1. The van der Waals surface area contributed by atoms with Crippen LogP contribution in [-0.4, -0.2) is 23.2 Å². The van der Waals surface area contributed by atoms with Crippen LogP contribution in [0, 0.1) is 17.8 Å². The first-order valence-electron chi connectivity index (χ1n) is 10.2. The first-order chi connectivity index (χ1) is 13.7. The number of rotatable bonds is 5. The van der Waals surface area contributed by atoms with Crippen LogP contribution in [0.4, 0.5) is 0 Å². The molecule has 2 N–H and O–H groups in total. The summed E-state index contributed by atoms with van der Waals surface area (Å²) in [6.07, 6.45) is 5.11. The molecule has 2 aromatic carbocycles. The molecule has 2 aliphatic carbocycles. The van der Waals surface area contributed by atoms with Gasteiger partial charge in [0.15, 0.2) is 0 Å². The van der Waals surface area contributed by atoms with Crippen molar-refractivity contribution >= 4 is 22.6 Å².